The molecule has 3 heterocycles. The first-order valence-electron chi connectivity index (χ1n) is 8.29. The van der Waals surface area contributed by atoms with Crippen molar-refractivity contribution < 1.29 is 9.53 Å². The Bertz CT molecular complexity index is 886. The molecule has 1 fully saturated rings. The van der Waals surface area contributed by atoms with Crippen LogP contribution >= 0.6 is 0 Å². The Hall–Kier alpha value is -2.93. The Balaban J connectivity index is 1.51. The molecule has 25 heavy (non-hydrogen) atoms. The van der Waals surface area contributed by atoms with Gasteiger partial charge in [-0.1, -0.05) is 12.1 Å². The summed E-state index contributed by atoms with van der Waals surface area (Å²) in [4.78, 5) is 23.3. The highest BCUT2D eigenvalue weighted by Crippen LogP contribution is 2.21. The second-order valence-electron chi connectivity index (χ2n) is 5.85. The van der Waals surface area contributed by atoms with Crippen molar-refractivity contribution in [3.8, 4) is 0 Å². The van der Waals surface area contributed by atoms with Crippen molar-refractivity contribution in [1.82, 2.24) is 19.7 Å². The summed E-state index contributed by atoms with van der Waals surface area (Å²) in [7, 11) is 0. The molecule has 0 aliphatic carbocycles. The summed E-state index contributed by atoms with van der Waals surface area (Å²) in [5.74, 6) is -0.0916. The van der Waals surface area contributed by atoms with E-state index < -0.39 is 0 Å². The molecule has 0 saturated carbocycles. The van der Waals surface area contributed by atoms with Crippen LogP contribution in [0.5, 0.6) is 0 Å². The fourth-order valence-corrected chi connectivity index (χ4v) is 3.04. The zero-order chi connectivity index (χ0) is 17.1. The molecule has 1 N–H and O–H groups in total. The van der Waals surface area contributed by atoms with Crippen LogP contribution in [0.25, 0.3) is 5.65 Å². The van der Waals surface area contributed by atoms with Gasteiger partial charge in [-0.15, -0.1) is 0 Å². The van der Waals surface area contributed by atoms with E-state index in [4.69, 9.17) is 4.74 Å². The number of nitrogens with one attached hydrogen (secondary N) is 1. The number of carbonyl (C=O) groups is 1. The van der Waals surface area contributed by atoms with E-state index in [-0.39, 0.29) is 5.91 Å². The third kappa shape index (κ3) is 3.18. The SMILES string of the molecule is O=C(NCc1cnc2cnccn12)c1ccccc1N1CCOCC1. The Morgan fingerprint density at radius 1 is 1.20 bits per heavy atom. The molecule has 0 bridgehead atoms. The van der Waals surface area contributed by atoms with E-state index in [2.05, 4.69) is 20.2 Å². The van der Waals surface area contributed by atoms with Crippen molar-refractivity contribution in [1.29, 1.82) is 0 Å². The number of rotatable bonds is 4. The Morgan fingerprint density at radius 2 is 2.04 bits per heavy atom. The van der Waals surface area contributed by atoms with Gasteiger partial charge in [0.25, 0.3) is 5.91 Å². The first-order valence-corrected chi connectivity index (χ1v) is 8.29. The molecule has 1 aliphatic rings. The number of imidazole rings is 1. The molecule has 2 aromatic heterocycles. The molecule has 1 saturated heterocycles. The molecule has 0 atom stereocenters. The van der Waals surface area contributed by atoms with Crippen LogP contribution in [-0.2, 0) is 11.3 Å². The van der Waals surface area contributed by atoms with Gasteiger partial charge in [-0.2, -0.15) is 0 Å². The van der Waals surface area contributed by atoms with E-state index in [1.807, 2.05) is 34.9 Å². The quantitative estimate of drug-likeness (QED) is 0.781. The average molecular weight is 337 g/mol. The third-order valence-corrected chi connectivity index (χ3v) is 4.32. The topological polar surface area (TPSA) is 71.8 Å². The lowest BCUT2D eigenvalue weighted by Gasteiger charge is -2.30. The second kappa shape index (κ2) is 6.90. The molecule has 0 unspecified atom stereocenters. The third-order valence-electron chi connectivity index (χ3n) is 4.32. The van der Waals surface area contributed by atoms with Gasteiger partial charge in [-0.3, -0.25) is 14.2 Å². The second-order valence-corrected chi connectivity index (χ2v) is 5.85. The number of ether oxygens (including phenoxy) is 1. The van der Waals surface area contributed by atoms with Gasteiger partial charge in [0.15, 0.2) is 5.65 Å². The van der Waals surface area contributed by atoms with Gasteiger partial charge >= 0.3 is 0 Å². The van der Waals surface area contributed by atoms with Gasteiger partial charge in [-0.05, 0) is 12.1 Å². The Morgan fingerprint density at radius 3 is 2.92 bits per heavy atom. The van der Waals surface area contributed by atoms with Crippen LogP contribution in [0.3, 0.4) is 0 Å². The number of para-hydroxylation sites is 1. The molecule has 0 radical (unpaired) electrons. The minimum absolute atomic E-state index is 0.0916. The normalized spacial score (nSPS) is 14.6. The summed E-state index contributed by atoms with van der Waals surface area (Å²) in [5, 5.41) is 2.99. The van der Waals surface area contributed by atoms with E-state index in [0.29, 0.717) is 25.3 Å². The van der Waals surface area contributed by atoms with Gasteiger partial charge < -0.3 is 15.0 Å². The van der Waals surface area contributed by atoms with Crippen LogP contribution < -0.4 is 10.2 Å². The van der Waals surface area contributed by atoms with Crippen LogP contribution in [0.2, 0.25) is 0 Å². The first kappa shape index (κ1) is 15.6. The smallest absolute Gasteiger partial charge is 0.253 e. The van der Waals surface area contributed by atoms with Crippen molar-refractivity contribution >= 4 is 17.2 Å². The molecule has 4 rings (SSSR count). The predicted octanol–water partition coefficient (Wildman–Crippen LogP) is 1.50. The lowest BCUT2D eigenvalue weighted by atomic mass is 10.1. The number of fused-ring (bicyclic) bond motifs is 1. The highest BCUT2D eigenvalue weighted by atomic mass is 16.5. The maximum absolute atomic E-state index is 12.7. The van der Waals surface area contributed by atoms with Gasteiger partial charge in [0.1, 0.15) is 0 Å². The molecule has 128 valence electrons. The lowest BCUT2D eigenvalue weighted by molar-refractivity contribution is 0.0949. The maximum Gasteiger partial charge on any atom is 0.253 e. The number of nitrogens with zero attached hydrogens (tertiary/aromatic N) is 4. The molecule has 0 spiro atoms. The molecule has 1 aliphatic heterocycles. The first-order chi connectivity index (χ1) is 12.3. The summed E-state index contributed by atoms with van der Waals surface area (Å²) in [5.41, 5.74) is 3.31. The number of hydrogen-bond donors (Lipinski definition) is 1. The molecular weight excluding hydrogens is 318 g/mol. The van der Waals surface area contributed by atoms with Crippen LogP contribution in [-0.4, -0.2) is 46.6 Å². The van der Waals surface area contributed by atoms with E-state index in [0.717, 1.165) is 30.1 Å². The summed E-state index contributed by atoms with van der Waals surface area (Å²) in [6.45, 7) is 3.37. The fraction of sp³-hybridized carbons (Fsp3) is 0.278. The van der Waals surface area contributed by atoms with Gasteiger partial charge in [0.05, 0.1) is 43.4 Å². The van der Waals surface area contributed by atoms with E-state index >= 15 is 0 Å². The lowest BCUT2D eigenvalue weighted by Crippen LogP contribution is -2.37. The summed E-state index contributed by atoms with van der Waals surface area (Å²) in [6.07, 6.45) is 6.99. The fourth-order valence-electron chi connectivity index (χ4n) is 3.04. The van der Waals surface area contributed by atoms with Crippen molar-refractivity contribution in [2.24, 2.45) is 0 Å². The Kier molecular flexibility index (Phi) is 4.30. The van der Waals surface area contributed by atoms with Crippen LogP contribution in [0, 0.1) is 0 Å². The van der Waals surface area contributed by atoms with Crippen molar-refractivity contribution in [3.63, 3.8) is 0 Å². The monoisotopic (exact) mass is 337 g/mol. The zero-order valence-electron chi connectivity index (χ0n) is 13.8. The Labute approximate surface area is 145 Å². The van der Waals surface area contributed by atoms with Crippen LogP contribution in [0.4, 0.5) is 5.69 Å². The summed E-state index contributed by atoms with van der Waals surface area (Å²) in [6, 6.07) is 7.69. The van der Waals surface area contributed by atoms with Gasteiger partial charge in [0.2, 0.25) is 0 Å². The van der Waals surface area contributed by atoms with Crippen LogP contribution in [0.15, 0.2) is 49.1 Å². The van der Waals surface area contributed by atoms with Crippen LogP contribution in [0.1, 0.15) is 16.1 Å². The number of benzene rings is 1. The standard InChI is InChI=1S/C18H19N5O2/c24-18(21-12-14-11-20-17-13-19-5-6-23(14)17)15-3-1-2-4-16(15)22-7-9-25-10-8-22/h1-6,11,13H,7-10,12H2,(H,21,24). The number of aromatic nitrogens is 3. The molecule has 7 nitrogen and oxygen atoms in total. The molecule has 1 aromatic carbocycles. The highest BCUT2D eigenvalue weighted by molar-refractivity contribution is 5.99. The minimum atomic E-state index is -0.0916. The van der Waals surface area contributed by atoms with Crippen molar-refractivity contribution in [3.05, 3.63) is 60.3 Å². The maximum atomic E-state index is 12.7. The van der Waals surface area contributed by atoms with Gasteiger partial charge in [0, 0.05) is 31.2 Å². The number of anilines is 1. The van der Waals surface area contributed by atoms with Gasteiger partial charge in [-0.25, -0.2) is 4.98 Å². The summed E-state index contributed by atoms with van der Waals surface area (Å²) >= 11 is 0. The van der Waals surface area contributed by atoms with E-state index in [1.54, 1.807) is 18.6 Å². The van der Waals surface area contributed by atoms with E-state index in [1.165, 1.54) is 0 Å². The largest absolute Gasteiger partial charge is 0.378 e. The molecule has 7 heteroatoms. The summed E-state index contributed by atoms with van der Waals surface area (Å²) < 4.78 is 7.32. The molecule has 1 amide bonds. The van der Waals surface area contributed by atoms with Crippen molar-refractivity contribution in [2.75, 3.05) is 31.2 Å². The molecular formula is C18H19N5O2. The average Bonchev–Trinajstić information content (AvgIpc) is 3.10. The van der Waals surface area contributed by atoms with Crippen molar-refractivity contribution in [2.45, 2.75) is 6.54 Å². The predicted molar refractivity (Wildman–Crippen MR) is 93.6 cm³/mol. The molecule has 3 aromatic rings. The number of morpholine rings is 1. The number of carbonyl (C=O) groups excluding carboxylic acids is 1. The number of hydrogen-bond acceptors (Lipinski definition) is 5. The number of amides is 1. The van der Waals surface area contributed by atoms with E-state index in [9.17, 15) is 4.79 Å². The zero-order valence-corrected chi connectivity index (χ0v) is 13.8. The minimum Gasteiger partial charge on any atom is -0.378 e. The highest BCUT2D eigenvalue weighted by Gasteiger charge is 2.18.